The van der Waals surface area contributed by atoms with Gasteiger partial charge in [0.2, 0.25) is 0 Å². The summed E-state index contributed by atoms with van der Waals surface area (Å²) in [6.45, 7) is 6.69. The topological polar surface area (TPSA) is 92.9 Å². The number of fused-ring (bicyclic) bond motifs is 3. The van der Waals surface area contributed by atoms with Gasteiger partial charge in [0.25, 0.3) is 5.56 Å². The average molecular weight is 420 g/mol. The van der Waals surface area contributed by atoms with Crippen molar-refractivity contribution in [1.82, 2.24) is 9.88 Å². The van der Waals surface area contributed by atoms with E-state index in [2.05, 4.69) is 10.3 Å². The van der Waals surface area contributed by atoms with Crippen molar-refractivity contribution >= 4 is 34.3 Å². The van der Waals surface area contributed by atoms with Crippen molar-refractivity contribution in [3.8, 4) is 5.75 Å². The van der Waals surface area contributed by atoms with Gasteiger partial charge in [0.15, 0.2) is 0 Å². The summed E-state index contributed by atoms with van der Waals surface area (Å²) in [6, 6.07) is 3.34. The fourth-order valence-corrected chi connectivity index (χ4v) is 4.26. The third kappa shape index (κ3) is 4.24. The summed E-state index contributed by atoms with van der Waals surface area (Å²) in [5.41, 5.74) is 2.86. The Morgan fingerprint density at radius 2 is 2.14 bits per heavy atom. The van der Waals surface area contributed by atoms with Gasteiger partial charge in [-0.3, -0.25) is 9.79 Å². The zero-order chi connectivity index (χ0) is 21.3. The van der Waals surface area contributed by atoms with E-state index in [1.54, 1.807) is 13.1 Å². The number of hydrogen-bond acceptors (Lipinski definition) is 4. The normalized spacial score (nSPS) is 14.5. The Morgan fingerprint density at radius 1 is 1.41 bits per heavy atom. The van der Waals surface area contributed by atoms with Gasteiger partial charge in [-0.05, 0) is 43.4 Å². The minimum atomic E-state index is -1.09. The summed E-state index contributed by atoms with van der Waals surface area (Å²) >= 11 is 6.64. The van der Waals surface area contributed by atoms with Crippen LogP contribution < -0.4 is 15.6 Å². The monoisotopic (exact) mass is 419 g/mol. The summed E-state index contributed by atoms with van der Waals surface area (Å²) in [5, 5.41) is 12.8. The minimum Gasteiger partial charge on any atom is -0.490 e. The number of amides is 1. The molecule has 0 fully saturated rings. The molecule has 1 aromatic heterocycles. The molecule has 2 aromatic rings. The average Bonchev–Trinajstić information content (AvgIpc) is 2.63. The smallest absolute Gasteiger partial charge is 0.404 e. The lowest BCUT2D eigenvalue weighted by atomic mass is 9.95. The van der Waals surface area contributed by atoms with E-state index in [1.165, 1.54) is 4.57 Å². The third-order valence-electron chi connectivity index (χ3n) is 5.16. The molecule has 1 unspecified atom stereocenters. The van der Waals surface area contributed by atoms with Crippen LogP contribution in [0.2, 0.25) is 5.02 Å². The molecule has 0 radical (unpaired) electrons. The number of rotatable bonds is 6. The molecule has 2 heterocycles. The van der Waals surface area contributed by atoms with E-state index < -0.39 is 6.09 Å². The Hall–Kier alpha value is -2.54. The molecule has 1 aromatic carbocycles. The van der Waals surface area contributed by atoms with Crippen molar-refractivity contribution in [2.45, 2.75) is 39.7 Å². The molecule has 0 saturated carbocycles. The van der Waals surface area contributed by atoms with E-state index in [9.17, 15) is 9.59 Å². The van der Waals surface area contributed by atoms with Crippen LogP contribution in [0.1, 0.15) is 38.3 Å². The van der Waals surface area contributed by atoms with Crippen molar-refractivity contribution in [2.75, 3.05) is 13.2 Å². The first-order valence-corrected chi connectivity index (χ1v) is 10.1. The highest BCUT2D eigenvalue weighted by Crippen LogP contribution is 2.35. The van der Waals surface area contributed by atoms with Gasteiger partial charge in [0, 0.05) is 24.7 Å². The second-order valence-corrected chi connectivity index (χ2v) is 8.17. The van der Waals surface area contributed by atoms with Crippen LogP contribution in [0.3, 0.4) is 0 Å². The van der Waals surface area contributed by atoms with Crippen molar-refractivity contribution in [3.05, 3.63) is 38.6 Å². The van der Waals surface area contributed by atoms with Crippen molar-refractivity contribution in [3.63, 3.8) is 0 Å². The van der Waals surface area contributed by atoms with E-state index in [-0.39, 0.29) is 18.2 Å². The van der Waals surface area contributed by atoms with Gasteiger partial charge in [0.1, 0.15) is 17.4 Å². The molecule has 29 heavy (non-hydrogen) atoms. The standard InChI is InChI=1S/C21H26ClN3O4/c1-11(2)9-13(24-21(27)28)10-29-16-6-5-15-14-7-8-23-12(3)17(14)20(26)25(4)19(15)18(16)22/h5-6,11,13,24H,7-10H2,1-4H3,(H,27,28). The number of benzene rings is 1. The summed E-state index contributed by atoms with van der Waals surface area (Å²) in [7, 11) is 1.69. The number of aliphatic imine (C=N–C) groups is 1. The first-order chi connectivity index (χ1) is 13.7. The lowest BCUT2D eigenvalue weighted by molar-refractivity contribution is 0.176. The molecule has 7 nitrogen and oxygen atoms in total. The highest BCUT2D eigenvalue weighted by atomic mass is 35.5. The molecule has 3 rings (SSSR count). The number of halogens is 1. The van der Waals surface area contributed by atoms with E-state index in [0.29, 0.717) is 47.2 Å². The predicted octanol–water partition coefficient (Wildman–Crippen LogP) is 3.62. The molecule has 0 spiro atoms. The van der Waals surface area contributed by atoms with Crippen LogP contribution in [0.4, 0.5) is 4.79 Å². The fourth-order valence-electron chi connectivity index (χ4n) is 3.91. The van der Waals surface area contributed by atoms with E-state index in [1.807, 2.05) is 26.8 Å². The van der Waals surface area contributed by atoms with Gasteiger partial charge in [-0.25, -0.2) is 4.79 Å². The second kappa shape index (κ2) is 8.45. The van der Waals surface area contributed by atoms with E-state index in [4.69, 9.17) is 21.4 Å². The van der Waals surface area contributed by atoms with Gasteiger partial charge in [-0.1, -0.05) is 25.4 Å². The number of aryl methyl sites for hydroxylation is 1. The van der Waals surface area contributed by atoms with Crippen LogP contribution in [-0.2, 0) is 13.5 Å². The Balaban J connectivity index is 1.99. The van der Waals surface area contributed by atoms with E-state index >= 15 is 0 Å². The Kier molecular flexibility index (Phi) is 6.17. The molecule has 0 saturated heterocycles. The SMILES string of the molecule is CC1=NCCc2c1c(=O)n(C)c1c(Cl)c(OCC(CC(C)C)NC(=O)O)ccc21. The number of ether oxygens (including phenoxy) is 1. The Morgan fingerprint density at radius 3 is 2.79 bits per heavy atom. The van der Waals surface area contributed by atoms with E-state index in [0.717, 1.165) is 16.7 Å². The predicted molar refractivity (Wildman–Crippen MR) is 115 cm³/mol. The largest absolute Gasteiger partial charge is 0.490 e. The van der Waals surface area contributed by atoms with Crippen LogP contribution in [0.15, 0.2) is 21.9 Å². The van der Waals surface area contributed by atoms with Crippen LogP contribution in [-0.4, -0.2) is 40.7 Å². The summed E-state index contributed by atoms with van der Waals surface area (Å²) < 4.78 is 7.41. The van der Waals surface area contributed by atoms with Gasteiger partial charge >= 0.3 is 6.09 Å². The number of aromatic nitrogens is 1. The van der Waals surface area contributed by atoms with Gasteiger partial charge in [0.05, 0.1) is 17.1 Å². The summed E-state index contributed by atoms with van der Waals surface area (Å²) in [4.78, 5) is 28.4. The molecular weight excluding hydrogens is 394 g/mol. The van der Waals surface area contributed by atoms with Gasteiger partial charge in [-0.2, -0.15) is 0 Å². The number of hydrogen-bond donors (Lipinski definition) is 2. The number of carboxylic acid groups (broad SMARTS) is 1. The molecule has 2 N–H and O–H groups in total. The zero-order valence-corrected chi connectivity index (χ0v) is 17.8. The van der Waals surface area contributed by atoms with Crippen molar-refractivity contribution in [1.29, 1.82) is 0 Å². The minimum absolute atomic E-state index is 0.127. The molecule has 1 atom stereocenters. The highest BCUT2D eigenvalue weighted by molar-refractivity contribution is 6.36. The van der Waals surface area contributed by atoms with Crippen LogP contribution in [0.5, 0.6) is 5.75 Å². The molecule has 1 aliphatic heterocycles. The number of nitrogens with one attached hydrogen (secondary N) is 1. The maximum atomic E-state index is 12.9. The molecule has 0 bridgehead atoms. The fraction of sp³-hybridized carbons (Fsp3) is 0.476. The number of carbonyl (C=O) groups is 1. The Bertz CT molecular complexity index is 1040. The zero-order valence-electron chi connectivity index (χ0n) is 17.1. The molecule has 0 aliphatic carbocycles. The van der Waals surface area contributed by atoms with Gasteiger partial charge < -0.3 is 19.7 Å². The van der Waals surface area contributed by atoms with Crippen molar-refractivity contribution < 1.29 is 14.6 Å². The van der Waals surface area contributed by atoms with Crippen molar-refractivity contribution in [2.24, 2.45) is 18.0 Å². The lowest BCUT2D eigenvalue weighted by Crippen LogP contribution is -2.39. The molecule has 1 aliphatic rings. The third-order valence-corrected chi connectivity index (χ3v) is 5.52. The van der Waals surface area contributed by atoms with Crippen LogP contribution >= 0.6 is 11.6 Å². The quantitative estimate of drug-likeness (QED) is 0.747. The number of nitrogens with zero attached hydrogens (tertiary/aromatic N) is 2. The maximum Gasteiger partial charge on any atom is 0.404 e. The first-order valence-electron chi connectivity index (χ1n) is 9.68. The molecule has 156 valence electrons. The lowest BCUT2D eigenvalue weighted by Gasteiger charge is -2.22. The highest BCUT2D eigenvalue weighted by Gasteiger charge is 2.23. The van der Waals surface area contributed by atoms with Gasteiger partial charge in [-0.15, -0.1) is 0 Å². The van der Waals surface area contributed by atoms with Crippen LogP contribution in [0.25, 0.3) is 10.9 Å². The molecule has 8 heteroatoms. The first kappa shape index (κ1) is 21.2. The molecule has 1 amide bonds. The summed E-state index contributed by atoms with van der Waals surface area (Å²) in [5.74, 6) is 0.732. The second-order valence-electron chi connectivity index (χ2n) is 7.80. The Labute approximate surface area is 174 Å². The maximum absolute atomic E-state index is 12.9. The summed E-state index contributed by atoms with van der Waals surface area (Å²) in [6.07, 6.45) is 0.242. The van der Waals surface area contributed by atoms with Crippen LogP contribution in [0, 0.1) is 5.92 Å². The molecular formula is C21H26ClN3O4. The number of pyridine rings is 1.